The van der Waals surface area contributed by atoms with Gasteiger partial charge in [0, 0.05) is 23.2 Å². The molecule has 0 spiro atoms. The highest BCUT2D eigenvalue weighted by atomic mass is 35.5. The fourth-order valence-electron chi connectivity index (χ4n) is 3.62. The van der Waals surface area contributed by atoms with Gasteiger partial charge in [-0.15, -0.1) is 23.7 Å². The Morgan fingerprint density at radius 3 is 2.23 bits per heavy atom. The van der Waals surface area contributed by atoms with Crippen LogP contribution in [0.2, 0.25) is 0 Å². The van der Waals surface area contributed by atoms with E-state index in [1.54, 1.807) is 29.8 Å². The number of para-hydroxylation sites is 1. The minimum Gasteiger partial charge on any atom is -0.507 e. The average Bonchev–Trinajstić information content (AvgIpc) is 3.26. The lowest BCUT2D eigenvalue weighted by Crippen LogP contribution is -2.19. The molecular formula is C28H35ClN2O3S. The van der Waals surface area contributed by atoms with Gasteiger partial charge < -0.3 is 15.2 Å². The third-order valence-electron chi connectivity index (χ3n) is 5.50. The van der Waals surface area contributed by atoms with Crippen molar-refractivity contribution in [2.45, 2.75) is 58.8 Å². The highest BCUT2D eigenvalue weighted by molar-refractivity contribution is 7.13. The van der Waals surface area contributed by atoms with Gasteiger partial charge in [0.05, 0.1) is 18.5 Å². The first-order chi connectivity index (χ1) is 16.0. The maximum atomic E-state index is 13.0. The second-order valence-corrected chi connectivity index (χ2v) is 11.2. The summed E-state index contributed by atoms with van der Waals surface area (Å²) in [7, 11) is 0. The van der Waals surface area contributed by atoms with Gasteiger partial charge in [0.1, 0.15) is 10.8 Å². The number of ether oxygens (including phenoxy) is 1. The lowest BCUT2D eigenvalue weighted by Gasteiger charge is -2.28. The zero-order valence-electron chi connectivity index (χ0n) is 21.2. The van der Waals surface area contributed by atoms with E-state index in [4.69, 9.17) is 4.74 Å². The molecule has 0 aliphatic heterocycles. The minimum atomic E-state index is -0.388. The van der Waals surface area contributed by atoms with Crippen LogP contribution in [0.25, 0.3) is 0 Å². The molecule has 0 radical (unpaired) electrons. The predicted molar refractivity (Wildman–Crippen MR) is 149 cm³/mol. The molecule has 35 heavy (non-hydrogen) atoms. The molecule has 0 unspecified atom stereocenters. The Balaban J connectivity index is 0.00000432. The van der Waals surface area contributed by atoms with Gasteiger partial charge in [-0.05, 0) is 52.1 Å². The number of nitrogens with zero attached hydrogens (tertiary/aromatic N) is 1. The van der Waals surface area contributed by atoms with E-state index in [9.17, 15) is 9.90 Å². The van der Waals surface area contributed by atoms with E-state index in [-0.39, 0.29) is 41.6 Å². The molecule has 1 heterocycles. The van der Waals surface area contributed by atoms with Crippen LogP contribution in [0.5, 0.6) is 5.75 Å². The molecule has 0 aliphatic rings. The molecule has 0 fully saturated rings. The number of aromatic hydroxyl groups is 1. The molecule has 0 amide bonds. The van der Waals surface area contributed by atoms with Gasteiger partial charge in [-0.2, -0.15) is 0 Å². The number of nitrogens with one attached hydrogen (secondary N) is 1. The SMILES string of the molecule is CC(C)(C)c1cc(C(=O)OCCc2ccccc2N/C=N/c2cccs2)cc(C(C)(C)C)c1O.Cl. The smallest absolute Gasteiger partial charge is 0.338 e. The monoisotopic (exact) mass is 514 g/mol. The van der Waals surface area contributed by atoms with Gasteiger partial charge in [-0.1, -0.05) is 59.7 Å². The Kier molecular flexibility index (Phi) is 9.52. The number of thiophene rings is 1. The van der Waals surface area contributed by atoms with Crippen molar-refractivity contribution in [1.82, 2.24) is 0 Å². The second kappa shape index (κ2) is 11.7. The highest BCUT2D eigenvalue weighted by Crippen LogP contribution is 2.39. The Morgan fingerprint density at radius 2 is 1.66 bits per heavy atom. The van der Waals surface area contributed by atoms with Crippen LogP contribution in [-0.4, -0.2) is 24.0 Å². The van der Waals surface area contributed by atoms with Crippen molar-refractivity contribution in [3.05, 3.63) is 76.2 Å². The number of halogens is 1. The summed E-state index contributed by atoms with van der Waals surface area (Å²) >= 11 is 1.57. The maximum absolute atomic E-state index is 13.0. The summed E-state index contributed by atoms with van der Waals surface area (Å²) in [6.45, 7) is 12.4. The van der Waals surface area contributed by atoms with Crippen molar-refractivity contribution in [1.29, 1.82) is 0 Å². The van der Waals surface area contributed by atoms with Crippen molar-refractivity contribution in [2.75, 3.05) is 11.9 Å². The molecule has 2 N–H and O–H groups in total. The molecule has 0 aliphatic carbocycles. The number of aliphatic imine (C=N–C) groups is 1. The van der Waals surface area contributed by atoms with Crippen LogP contribution in [-0.2, 0) is 22.0 Å². The van der Waals surface area contributed by atoms with Gasteiger partial charge in [0.2, 0.25) is 0 Å². The Hall–Kier alpha value is -2.83. The molecule has 0 bridgehead atoms. The standard InChI is InChI=1S/C28H34N2O3S.ClH/c1-27(2,3)21-16-20(17-22(25(21)31)28(4,5)6)26(32)33-14-13-19-10-7-8-11-23(19)29-18-30-24-12-9-15-34-24;/h7-12,15-18,31H,13-14H2,1-6H3,(H,29,30);1H. The Bertz CT molecular complexity index is 1120. The molecule has 2 aromatic carbocycles. The van der Waals surface area contributed by atoms with E-state index in [0.29, 0.717) is 12.0 Å². The van der Waals surface area contributed by atoms with E-state index < -0.39 is 0 Å². The maximum Gasteiger partial charge on any atom is 0.338 e. The number of benzene rings is 2. The van der Waals surface area contributed by atoms with Gasteiger partial charge in [0.25, 0.3) is 0 Å². The van der Waals surface area contributed by atoms with Crippen LogP contribution < -0.4 is 5.32 Å². The van der Waals surface area contributed by atoms with Crippen LogP contribution in [0.1, 0.15) is 68.6 Å². The van der Waals surface area contributed by atoms with Crippen molar-refractivity contribution < 1.29 is 14.6 Å². The molecule has 3 aromatic rings. The zero-order chi connectivity index (χ0) is 24.9. The summed E-state index contributed by atoms with van der Waals surface area (Å²) < 4.78 is 5.65. The molecule has 0 saturated carbocycles. The highest BCUT2D eigenvalue weighted by Gasteiger charge is 2.28. The van der Waals surface area contributed by atoms with Crippen molar-refractivity contribution in [2.24, 2.45) is 4.99 Å². The van der Waals surface area contributed by atoms with Gasteiger partial charge in [0.15, 0.2) is 0 Å². The number of phenolic OH excluding ortho intramolecular Hbond substituents is 1. The summed E-state index contributed by atoms with van der Waals surface area (Å²) in [5.41, 5.74) is 3.28. The number of hydrogen-bond acceptors (Lipinski definition) is 5. The summed E-state index contributed by atoms with van der Waals surface area (Å²) in [4.78, 5) is 17.3. The average molecular weight is 515 g/mol. The van der Waals surface area contributed by atoms with Crippen LogP contribution in [0.15, 0.2) is 58.9 Å². The summed E-state index contributed by atoms with van der Waals surface area (Å²) in [5.74, 6) is -0.138. The second-order valence-electron chi connectivity index (χ2n) is 10.3. The number of hydrogen-bond donors (Lipinski definition) is 2. The lowest BCUT2D eigenvalue weighted by atomic mass is 9.78. The first-order valence-electron chi connectivity index (χ1n) is 11.4. The van der Waals surface area contributed by atoms with Gasteiger partial charge in [-0.3, -0.25) is 0 Å². The molecule has 1 aromatic heterocycles. The fourth-order valence-corrected chi connectivity index (χ4v) is 4.19. The number of esters is 1. The normalized spacial score (nSPS) is 11.8. The van der Waals surface area contributed by atoms with E-state index >= 15 is 0 Å². The molecule has 0 saturated heterocycles. The van der Waals surface area contributed by atoms with Crippen molar-refractivity contribution >= 4 is 46.7 Å². The lowest BCUT2D eigenvalue weighted by molar-refractivity contribution is 0.0509. The largest absolute Gasteiger partial charge is 0.507 e. The minimum absolute atomic E-state index is 0. The molecular weight excluding hydrogens is 480 g/mol. The molecule has 188 valence electrons. The molecule has 3 rings (SSSR count). The summed E-state index contributed by atoms with van der Waals surface area (Å²) in [5, 5.41) is 17.0. The Morgan fingerprint density at radius 1 is 1.03 bits per heavy atom. The number of carbonyl (C=O) groups excluding carboxylic acids is 1. The van der Waals surface area contributed by atoms with E-state index in [0.717, 1.165) is 27.4 Å². The van der Waals surface area contributed by atoms with E-state index in [1.807, 2.05) is 83.3 Å². The van der Waals surface area contributed by atoms with Gasteiger partial charge in [-0.25, -0.2) is 9.79 Å². The van der Waals surface area contributed by atoms with Crippen molar-refractivity contribution in [3.8, 4) is 5.75 Å². The summed E-state index contributed by atoms with van der Waals surface area (Å²) in [6.07, 6.45) is 2.24. The zero-order valence-corrected chi connectivity index (χ0v) is 22.8. The third kappa shape index (κ3) is 7.58. The number of anilines is 1. The third-order valence-corrected chi connectivity index (χ3v) is 6.28. The first-order valence-corrected chi connectivity index (χ1v) is 12.3. The number of carbonyl (C=O) groups is 1. The quantitative estimate of drug-likeness (QED) is 0.193. The van der Waals surface area contributed by atoms with Crippen LogP contribution >= 0.6 is 23.7 Å². The van der Waals surface area contributed by atoms with E-state index in [2.05, 4.69) is 10.3 Å². The van der Waals surface area contributed by atoms with Crippen molar-refractivity contribution in [3.63, 3.8) is 0 Å². The van der Waals surface area contributed by atoms with Gasteiger partial charge >= 0.3 is 5.97 Å². The van der Waals surface area contributed by atoms with E-state index in [1.165, 1.54) is 0 Å². The van der Waals surface area contributed by atoms with Crippen LogP contribution in [0.3, 0.4) is 0 Å². The topological polar surface area (TPSA) is 70.9 Å². The molecule has 5 nitrogen and oxygen atoms in total. The number of rotatable bonds is 7. The molecule has 0 atom stereocenters. The number of phenols is 1. The van der Waals surface area contributed by atoms with Crippen LogP contribution in [0, 0.1) is 0 Å². The summed E-state index contributed by atoms with van der Waals surface area (Å²) in [6, 6.07) is 15.3. The molecule has 7 heteroatoms. The Labute approximate surface area is 218 Å². The fraction of sp³-hybridized carbons (Fsp3) is 0.357. The first kappa shape index (κ1) is 28.4. The van der Waals surface area contributed by atoms with Crippen LogP contribution in [0.4, 0.5) is 10.7 Å². The predicted octanol–water partition coefficient (Wildman–Crippen LogP) is 7.64.